The van der Waals surface area contributed by atoms with Crippen molar-refractivity contribution in [3.8, 4) is 17.6 Å². The number of ether oxygens (including phenoxy) is 1. The Labute approximate surface area is 212 Å². The summed E-state index contributed by atoms with van der Waals surface area (Å²) in [5, 5.41) is 4.48. The number of hydrazone groups is 1. The van der Waals surface area contributed by atoms with Crippen LogP contribution in [0.2, 0.25) is 0 Å². The molecule has 4 rings (SSSR count). The first kappa shape index (κ1) is 24.8. The molecule has 0 saturated carbocycles. The van der Waals surface area contributed by atoms with Gasteiger partial charge in [0, 0.05) is 5.56 Å². The zero-order valence-corrected chi connectivity index (χ0v) is 20.9. The quantitative estimate of drug-likeness (QED) is 0.185. The van der Waals surface area contributed by atoms with Gasteiger partial charge in [-0.1, -0.05) is 90.2 Å². The maximum absolute atomic E-state index is 13.9. The first-order valence-electron chi connectivity index (χ1n) is 11.4. The Balaban J connectivity index is 1.87. The van der Waals surface area contributed by atoms with Crippen LogP contribution in [0, 0.1) is 18.8 Å². The van der Waals surface area contributed by atoms with Gasteiger partial charge in [0.1, 0.15) is 11.8 Å². The van der Waals surface area contributed by atoms with Gasteiger partial charge in [-0.15, -0.1) is 0 Å². The van der Waals surface area contributed by atoms with Crippen LogP contribution < -0.4 is 4.74 Å². The Morgan fingerprint density at radius 3 is 2.06 bits per heavy atom. The molecule has 0 radical (unpaired) electrons. The van der Waals surface area contributed by atoms with Crippen LogP contribution in [-0.4, -0.2) is 26.2 Å². The van der Waals surface area contributed by atoms with Crippen molar-refractivity contribution >= 4 is 16.2 Å². The fourth-order valence-corrected chi connectivity index (χ4v) is 4.79. The molecule has 0 aliphatic carbocycles. The smallest absolute Gasteiger partial charge is 0.280 e. The van der Waals surface area contributed by atoms with E-state index in [1.54, 1.807) is 55.6 Å². The van der Waals surface area contributed by atoms with E-state index >= 15 is 0 Å². The molecule has 0 bridgehead atoms. The predicted octanol–water partition coefficient (Wildman–Crippen LogP) is 5.82. The molecule has 0 heterocycles. The molecule has 180 valence electrons. The molecule has 5 nitrogen and oxygen atoms in total. The van der Waals surface area contributed by atoms with E-state index < -0.39 is 16.1 Å². The van der Waals surface area contributed by atoms with Gasteiger partial charge < -0.3 is 4.74 Å². The van der Waals surface area contributed by atoms with Crippen molar-refractivity contribution < 1.29 is 13.2 Å². The molecule has 0 aliphatic rings. The Hall–Kier alpha value is -4.34. The highest BCUT2D eigenvalue weighted by Crippen LogP contribution is 2.29. The highest BCUT2D eigenvalue weighted by molar-refractivity contribution is 7.89. The predicted molar refractivity (Wildman–Crippen MR) is 143 cm³/mol. The number of benzene rings is 4. The molecule has 1 unspecified atom stereocenters. The minimum absolute atomic E-state index is 0.137. The molecule has 1 atom stereocenters. The molecular weight excluding hydrogens is 468 g/mol. The summed E-state index contributed by atoms with van der Waals surface area (Å²) in [6.07, 6.45) is 1.53. The van der Waals surface area contributed by atoms with Crippen molar-refractivity contribution in [1.82, 2.24) is 4.41 Å². The molecule has 4 aromatic rings. The number of nitrogens with zero attached hydrogens (tertiary/aromatic N) is 2. The second kappa shape index (κ2) is 11.4. The molecule has 6 heteroatoms. The van der Waals surface area contributed by atoms with Gasteiger partial charge in [-0.25, -0.2) is 0 Å². The average Bonchev–Trinajstić information content (AvgIpc) is 2.92. The maximum atomic E-state index is 13.9. The Kier molecular flexibility index (Phi) is 7.84. The lowest BCUT2D eigenvalue weighted by Crippen LogP contribution is -2.30. The largest absolute Gasteiger partial charge is 0.497 e. The van der Waals surface area contributed by atoms with E-state index in [0.29, 0.717) is 11.3 Å². The van der Waals surface area contributed by atoms with Crippen LogP contribution in [0.4, 0.5) is 0 Å². The van der Waals surface area contributed by atoms with E-state index in [4.69, 9.17) is 4.74 Å². The SMILES string of the molecule is COc1ccc(C(C#Cc2ccccc2)N(/N=C/c2ccccc2)S(=O)(=O)c2ccc(C)cc2)cc1. The summed E-state index contributed by atoms with van der Waals surface area (Å²) < 4.78 is 34.2. The van der Waals surface area contributed by atoms with Gasteiger partial charge in [-0.2, -0.15) is 17.9 Å². The Morgan fingerprint density at radius 2 is 1.44 bits per heavy atom. The van der Waals surface area contributed by atoms with E-state index in [1.807, 2.05) is 67.6 Å². The van der Waals surface area contributed by atoms with Crippen molar-refractivity contribution in [1.29, 1.82) is 0 Å². The van der Waals surface area contributed by atoms with Crippen LogP contribution >= 0.6 is 0 Å². The number of hydrogen-bond donors (Lipinski definition) is 0. The van der Waals surface area contributed by atoms with Crippen LogP contribution in [0.1, 0.15) is 28.3 Å². The monoisotopic (exact) mass is 494 g/mol. The first-order valence-corrected chi connectivity index (χ1v) is 12.8. The molecule has 0 spiro atoms. The lowest BCUT2D eigenvalue weighted by atomic mass is 10.1. The number of sulfonamides is 1. The second-order valence-electron chi connectivity index (χ2n) is 8.06. The number of rotatable bonds is 7. The third-order valence-corrected chi connectivity index (χ3v) is 7.13. The van der Waals surface area contributed by atoms with Crippen LogP contribution in [0.25, 0.3) is 0 Å². The van der Waals surface area contributed by atoms with E-state index in [9.17, 15) is 8.42 Å². The van der Waals surface area contributed by atoms with Gasteiger partial charge in [0.05, 0.1) is 18.2 Å². The molecule has 0 fully saturated rings. The van der Waals surface area contributed by atoms with E-state index in [-0.39, 0.29) is 4.90 Å². The van der Waals surface area contributed by atoms with Gasteiger partial charge in [-0.05, 0) is 54.4 Å². The lowest BCUT2D eigenvalue weighted by molar-refractivity contribution is 0.393. The molecule has 0 amide bonds. The van der Waals surface area contributed by atoms with Gasteiger partial charge in [0.15, 0.2) is 0 Å². The van der Waals surface area contributed by atoms with Crippen molar-refractivity contribution in [3.05, 3.63) is 131 Å². The van der Waals surface area contributed by atoms with Crippen molar-refractivity contribution in [3.63, 3.8) is 0 Å². The molecular formula is C30H26N2O3S. The highest BCUT2D eigenvalue weighted by Gasteiger charge is 2.31. The summed E-state index contributed by atoms with van der Waals surface area (Å²) in [7, 11) is -2.47. The summed E-state index contributed by atoms with van der Waals surface area (Å²) in [6.45, 7) is 1.91. The van der Waals surface area contributed by atoms with Gasteiger partial charge >= 0.3 is 0 Å². The zero-order valence-electron chi connectivity index (χ0n) is 20.1. The topological polar surface area (TPSA) is 59.0 Å². The van der Waals surface area contributed by atoms with E-state index in [1.165, 1.54) is 6.21 Å². The summed E-state index contributed by atoms with van der Waals surface area (Å²) in [6, 6.07) is 31.8. The maximum Gasteiger partial charge on any atom is 0.280 e. The van der Waals surface area contributed by atoms with Crippen molar-refractivity contribution in [2.24, 2.45) is 5.10 Å². The van der Waals surface area contributed by atoms with Gasteiger partial charge in [0.2, 0.25) is 0 Å². The number of hydrogen-bond acceptors (Lipinski definition) is 4. The minimum atomic E-state index is -4.05. The zero-order chi connectivity index (χ0) is 25.4. The third-order valence-electron chi connectivity index (χ3n) is 5.46. The Bertz CT molecular complexity index is 1470. The first-order chi connectivity index (χ1) is 17.5. The molecule has 36 heavy (non-hydrogen) atoms. The summed E-state index contributed by atoms with van der Waals surface area (Å²) >= 11 is 0. The second-order valence-corrected chi connectivity index (χ2v) is 9.85. The number of aryl methyl sites for hydroxylation is 1. The molecule has 0 saturated heterocycles. The van der Waals surface area contributed by atoms with Crippen LogP contribution in [-0.2, 0) is 10.0 Å². The van der Waals surface area contributed by atoms with Crippen LogP contribution in [0.15, 0.2) is 119 Å². The standard InChI is InChI=1S/C30H26N2O3S/c1-24-13-20-29(21-14-24)36(33,34)32(31-23-26-11-7-4-8-12-26)30(22-15-25-9-5-3-6-10-25)27-16-18-28(35-2)19-17-27/h3-14,16-21,23,30H,1-2H3/b31-23+. The Morgan fingerprint density at radius 1 is 0.833 bits per heavy atom. The van der Waals surface area contributed by atoms with Crippen LogP contribution in [0.3, 0.4) is 0 Å². The molecule has 4 aromatic carbocycles. The normalized spacial score (nSPS) is 11.9. The summed E-state index contributed by atoms with van der Waals surface area (Å²) in [5.41, 5.74) is 3.17. The summed E-state index contributed by atoms with van der Waals surface area (Å²) in [4.78, 5) is 0.137. The summed E-state index contributed by atoms with van der Waals surface area (Å²) in [5.74, 6) is 6.94. The van der Waals surface area contributed by atoms with E-state index in [0.717, 1.165) is 21.1 Å². The van der Waals surface area contributed by atoms with Gasteiger partial charge in [-0.3, -0.25) is 0 Å². The molecule has 0 aromatic heterocycles. The lowest BCUT2D eigenvalue weighted by Gasteiger charge is -2.25. The van der Waals surface area contributed by atoms with E-state index in [2.05, 4.69) is 16.9 Å². The molecule has 0 aliphatic heterocycles. The van der Waals surface area contributed by atoms with Crippen molar-refractivity contribution in [2.75, 3.05) is 7.11 Å². The fourth-order valence-electron chi connectivity index (χ4n) is 3.47. The van der Waals surface area contributed by atoms with Crippen LogP contribution in [0.5, 0.6) is 5.75 Å². The fraction of sp³-hybridized carbons (Fsp3) is 0.100. The highest BCUT2D eigenvalue weighted by atomic mass is 32.2. The third kappa shape index (κ3) is 6.01. The van der Waals surface area contributed by atoms with Gasteiger partial charge in [0.25, 0.3) is 10.0 Å². The number of methoxy groups -OCH3 is 1. The minimum Gasteiger partial charge on any atom is -0.497 e. The van der Waals surface area contributed by atoms with Crippen molar-refractivity contribution in [2.45, 2.75) is 17.9 Å². The molecule has 0 N–H and O–H groups in total. The average molecular weight is 495 g/mol.